The van der Waals surface area contributed by atoms with Crippen LogP contribution < -0.4 is 15.5 Å². The minimum Gasteiger partial charge on any atom is -0.497 e. The van der Waals surface area contributed by atoms with Crippen molar-refractivity contribution in [2.24, 2.45) is 5.10 Å². The Kier molecular flexibility index (Phi) is 5.41. The summed E-state index contributed by atoms with van der Waals surface area (Å²) >= 11 is 0. The Balaban J connectivity index is 1.73. The standard InChI is InChI=1S/C15H21N3O2/c1-20-14-9-7-12(8-10-14)16-11-15(19)18-17-13-5-3-2-4-6-13/h7-10,16H,2-6,11H2,1H3,(H,18,19). The molecule has 0 bridgehead atoms. The molecule has 20 heavy (non-hydrogen) atoms. The van der Waals surface area contributed by atoms with Crippen LogP contribution in [0.3, 0.4) is 0 Å². The summed E-state index contributed by atoms with van der Waals surface area (Å²) in [6, 6.07) is 7.45. The van der Waals surface area contributed by atoms with Gasteiger partial charge >= 0.3 is 0 Å². The van der Waals surface area contributed by atoms with Crippen molar-refractivity contribution in [3.8, 4) is 5.75 Å². The second kappa shape index (κ2) is 7.53. The van der Waals surface area contributed by atoms with Crippen LogP contribution in [0.2, 0.25) is 0 Å². The van der Waals surface area contributed by atoms with Crippen molar-refractivity contribution in [1.82, 2.24) is 5.43 Å². The van der Waals surface area contributed by atoms with E-state index < -0.39 is 0 Å². The van der Waals surface area contributed by atoms with E-state index in [9.17, 15) is 4.79 Å². The highest BCUT2D eigenvalue weighted by Crippen LogP contribution is 2.15. The molecular weight excluding hydrogens is 254 g/mol. The van der Waals surface area contributed by atoms with Gasteiger partial charge in [-0.15, -0.1) is 0 Å². The lowest BCUT2D eigenvalue weighted by molar-refractivity contribution is -0.119. The van der Waals surface area contributed by atoms with E-state index in [2.05, 4.69) is 15.8 Å². The maximum absolute atomic E-state index is 11.7. The molecule has 2 N–H and O–H groups in total. The van der Waals surface area contributed by atoms with E-state index in [-0.39, 0.29) is 12.5 Å². The van der Waals surface area contributed by atoms with E-state index in [0.29, 0.717) is 0 Å². The predicted octanol–water partition coefficient (Wildman–Crippen LogP) is 2.54. The van der Waals surface area contributed by atoms with Crippen molar-refractivity contribution in [3.05, 3.63) is 24.3 Å². The minimum absolute atomic E-state index is 0.126. The molecule has 1 amide bonds. The van der Waals surface area contributed by atoms with Crippen molar-refractivity contribution in [3.63, 3.8) is 0 Å². The molecule has 1 aromatic rings. The van der Waals surface area contributed by atoms with Crippen LogP contribution in [-0.4, -0.2) is 25.3 Å². The number of nitrogens with zero attached hydrogens (tertiary/aromatic N) is 1. The molecule has 1 aliphatic carbocycles. The first-order chi connectivity index (χ1) is 9.78. The maximum Gasteiger partial charge on any atom is 0.259 e. The summed E-state index contributed by atoms with van der Waals surface area (Å²) in [6.45, 7) is 0.211. The molecule has 5 nitrogen and oxygen atoms in total. The molecule has 0 saturated heterocycles. The predicted molar refractivity (Wildman–Crippen MR) is 80.1 cm³/mol. The van der Waals surface area contributed by atoms with Gasteiger partial charge in [-0.2, -0.15) is 5.10 Å². The van der Waals surface area contributed by atoms with E-state index in [0.717, 1.165) is 30.0 Å². The van der Waals surface area contributed by atoms with Crippen LogP contribution >= 0.6 is 0 Å². The third-order valence-electron chi connectivity index (χ3n) is 3.31. The van der Waals surface area contributed by atoms with Crippen LogP contribution in [-0.2, 0) is 4.79 Å². The first kappa shape index (κ1) is 14.4. The van der Waals surface area contributed by atoms with Crippen molar-refractivity contribution >= 4 is 17.3 Å². The number of carbonyl (C=O) groups excluding carboxylic acids is 1. The number of methoxy groups -OCH3 is 1. The molecule has 5 heteroatoms. The molecule has 2 rings (SSSR count). The molecular formula is C15H21N3O2. The fraction of sp³-hybridized carbons (Fsp3) is 0.467. The SMILES string of the molecule is COc1ccc(NCC(=O)NN=C2CCCCC2)cc1. The molecule has 1 saturated carbocycles. The zero-order valence-electron chi connectivity index (χ0n) is 11.8. The van der Waals surface area contributed by atoms with Gasteiger partial charge in [0.1, 0.15) is 5.75 Å². The zero-order valence-corrected chi connectivity index (χ0v) is 11.8. The Morgan fingerprint density at radius 2 is 1.90 bits per heavy atom. The Bertz CT molecular complexity index is 461. The number of amides is 1. The van der Waals surface area contributed by atoms with E-state index in [1.54, 1.807) is 7.11 Å². The molecule has 0 spiro atoms. The highest BCUT2D eigenvalue weighted by Gasteiger charge is 2.07. The number of hydrazone groups is 1. The third kappa shape index (κ3) is 4.57. The van der Waals surface area contributed by atoms with Crippen molar-refractivity contribution < 1.29 is 9.53 Å². The molecule has 108 valence electrons. The largest absolute Gasteiger partial charge is 0.497 e. The average Bonchev–Trinajstić information content (AvgIpc) is 2.52. The fourth-order valence-corrected chi connectivity index (χ4v) is 2.14. The first-order valence-electron chi connectivity index (χ1n) is 7.00. The molecule has 0 aliphatic heterocycles. The average molecular weight is 275 g/mol. The lowest BCUT2D eigenvalue weighted by atomic mass is 9.99. The van der Waals surface area contributed by atoms with Crippen LogP contribution in [0.25, 0.3) is 0 Å². The van der Waals surface area contributed by atoms with Gasteiger partial charge in [0, 0.05) is 11.4 Å². The Morgan fingerprint density at radius 3 is 2.55 bits per heavy atom. The third-order valence-corrected chi connectivity index (χ3v) is 3.31. The van der Waals surface area contributed by atoms with Gasteiger partial charge < -0.3 is 10.1 Å². The topological polar surface area (TPSA) is 62.7 Å². The van der Waals surface area contributed by atoms with Crippen molar-refractivity contribution in [2.45, 2.75) is 32.1 Å². The van der Waals surface area contributed by atoms with Crippen LogP contribution in [0.4, 0.5) is 5.69 Å². The summed E-state index contributed by atoms with van der Waals surface area (Å²) in [4.78, 5) is 11.7. The zero-order chi connectivity index (χ0) is 14.2. The van der Waals surface area contributed by atoms with Gasteiger partial charge in [0.15, 0.2) is 0 Å². The second-order valence-corrected chi connectivity index (χ2v) is 4.86. The highest BCUT2D eigenvalue weighted by atomic mass is 16.5. The molecule has 1 aromatic carbocycles. The quantitative estimate of drug-likeness (QED) is 0.812. The van der Waals surface area contributed by atoms with Gasteiger partial charge in [0.25, 0.3) is 5.91 Å². The highest BCUT2D eigenvalue weighted by molar-refractivity contribution is 5.87. The maximum atomic E-state index is 11.7. The van der Waals surface area contributed by atoms with Gasteiger partial charge in [-0.05, 0) is 49.9 Å². The number of hydrogen-bond acceptors (Lipinski definition) is 4. The number of carbonyl (C=O) groups is 1. The Hall–Kier alpha value is -2.04. The van der Waals surface area contributed by atoms with Gasteiger partial charge in [0.2, 0.25) is 0 Å². The van der Waals surface area contributed by atoms with Crippen LogP contribution in [0.5, 0.6) is 5.75 Å². The smallest absolute Gasteiger partial charge is 0.259 e. The number of hydrogen-bond donors (Lipinski definition) is 2. The lowest BCUT2D eigenvalue weighted by Crippen LogP contribution is -2.27. The van der Waals surface area contributed by atoms with E-state index >= 15 is 0 Å². The molecule has 0 heterocycles. The number of ether oxygens (including phenoxy) is 1. The summed E-state index contributed by atoms with van der Waals surface area (Å²) in [5, 5.41) is 7.23. The second-order valence-electron chi connectivity index (χ2n) is 4.86. The molecule has 0 unspecified atom stereocenters. The Morgan fingerprint density at radius 1 is 1.20 bits per heavy atom. The van der Waals surface area contributed by atoms with Crippen molar-refractivity contribution in [2.75, 3.05) is 19.0 Å². The Labute approximate surface area is 119 Å². The first-order valence-corrected chi connectivity index (χ1v) is 7.00. The molecule has 1 aliphatic rings. The molecule has 0 aromatic heterocycles. The van der Waals surface area contributed by atoms with Gasteiger partial charge in [-0.25, -0.2) is 5.43 Å². The fourth-order valence-electron chi connectivity index (χ4n) is 2.14. The minimum atomic E-state index is -0.126. The van der Waals surface area contributed by atoms with Gasteiger partial charge in [-0.3, -0.25) is 4.79 Å². The van der Waals surface area contributed by atoms with Gasteiger partial charge in [0.05, 0.1) is 13.7 Å². The van der Waals surface area contributed by atoms with Crippen LogP contribution in [0.15, 0.2) is 29.4 Å². The van der Waals surface area contributed by atoms with E-state index in [4.69, 9.17) is 4.74 Å². The van der Waals surface area contributed by atoms with Crippen LogP contribution in [0, 0.1) is 0 Å². The number of anilines is 1. The number of rotatable bonds is 5. The molecule has 1 fully saturated rings. The summed E-state index contributed by atoms with van der Waals surface area (Å²) in [7, 11) is 1.63. The number of benzene rings is 1. The lowest BCUT2D eigenvalue weighted by Gasteiger charge is -2.12. The molecule has 0 radical (unpaired) electrons. The monoisotopic (exact) mass is 275 g/mol. The van der Waals surface area contributed by atoms with E-state index in [1.807, 2.05) is 24.3 Å². The van der Waals surface area contributed by atoms with E-state index in [1.165, 1.54) is 19.3 Å². The summed E-state index contributed by atoms with van der Waals surface area (Å²) in [6.07, 6.45) is 5.64. The summed E-state index contributed by atoms with van der Waals surface area (Å²) in [5.41, 5.74) is 4.59. The van der Waals surface area contributed by atoms with Crippen LogP contribution in [0.1, 0.15) is 32.1 Å². The molecule has 0 atom stereocenters. The summed E-state index contributed by atoms with van der Waals surface area (Å²) in [5.74, 6) is 0.669. The normalized spacial score (nSPS) is 14.6. The van der Waals surface area contributed by atoms with Crippen molar-refractivity contribution in [1.29, 1.82) is 0 Å². The van der Waals surface area contributed by atoms with Gasteiger partial charge in [-0.1, -0.05) is 6.42 Å². The number of nitrogens with one attached hydrogen (secondary N) is 2. The summed E-state index contributed by atoms with van der Waals surface area (Å²) < 4.78 is 5.08.